The third kappa shape index (κ3) is 4.25. The van der Waals surface area contributed by atoms with Crippen molar-refractivity contribution in [2.75, 3.05) is 18.2 Å². The second-order valence-corrected chi connectivity index (χ2v) is 8.97. The van der Waals surface area contributed by atoms with Gasteiger partial charge in [-0.15, -0.1) is 5.10 Å². The van der Waals surface area contributed by atoms with Gasteiger partial charge in [0.1, 0.15) is 11.3 Å². The number of nitrogens with two attached hydrogens (primary N) is 1. The molecule has 192 valence electrons. The lowest BCUT2D eigenvalue weighted by atomic mass is 9.90. The summed E-state index contributed by atoms with van der Waals surface area (Å²) in [6, 6.07) is 31.1. The van der Waals surface area contributed by atoms with Gasteiger partial charge in [0, 0.05) is 0 Å². The van der Waals surface area contributed by atoms with Gasteiger partial charge in [0.15, 0.2) is 5.82 Å². The van der Waals surface area contributed by atoms with E-state index in [-0.39, 0.29) is 17.4 Å². The number of ether oxygens (including phenoxy) is 1. The molecular weight excluding hydrogens is 492 g/mol. The first kappa shape index (κ1) is 23.9. The van der Waals surface area contributed by atoms with Crippen LogP contribution in [0.3, 0.4) is 0 Å². The number of anilines is 2. The van der Waals surface area contributed by atoms with Crippen LogP contribution in [0.5, 0.6) is 5.75 Å². The fourth-order valence-electron chi connectivity index (χ4n) is 4.70. The monoisotopic (exact) mass is 516 g/mol. The lowest BCUT2D eigenvalue weighted by molar-refractivity contribution is -0.116. The van der Waals surface area contributed by atoms with Crippen molar-refractivity contribution in [1.29, 1.82) is 0 Å². The molecule has 2 heterocycles. The molecule has 0 aliphatic heterocycles. The Hall–Kier alpha value is -5.44. The second-order valence-electron chi connectivity index (χ2n) is 8.97. The highest BCUT2D eigenvalue weighted by atomic mass is 16.5. The molecule has 0 saturated carbocycles. The molecule has 0 aliphatic carbocycles. The number of carbonyl (C=O) groups is 1. The minimum atomic E-state index is -0.617. The van der Waals surface area contributed by atoms with Crippen LogP contribution in [0.25, 0.3) is 22.4 Å². The topological polar surface area (TPSA) is 117 Å². The van der Waals surface area contributed by atoms with Crippen LogP contribution in [-0.2, 0) is 4.79 Å². The Morgan fingerprint density at radius 3 is 2.13 bits per heavy atom. The quantitative estimate of drug-likeness (QED) is 0.317. The number of benzene rings is 4. The maximum Gasteiger partial charge on any atom is 0.355 e. The van der Waals surface area contributed by atoms with Gasteiger partial charge in [0.2, 0.25) is 11.6 Å². The number of rotatable bonds is 6. The molecule has 0 atom stereocenters. The van der Waals surface area contributed by atoms with Crippen LogP contribution >= 0.6 is 0 Å². The number of nitrogen functional groups attached to an aromatic ring is 1. The molecular formula is C30H24N6O3. The van der Waals surface area contributed by atoms with Crippen molar-refractivity contribution in [1.82, 2.24) is 19.2 Å². The summed E-state index contributed by atoms with van der Waals surface area (Å²) in [5.74, 6) is -0.154. The summed E-state index contributed by atoms with van der Waals surface area (Å²) in [4.78, 5) is 32.2. The molecule has 0 spiro atoms. The van der Waals surface area contributed by atoms with Gasteiger partial charge < -0.3 is 15.8 Å². The first-order valence-corrected chi connectivity index (χ1v) is 12.3. The zero-order valence-corrected chi connectivity index (χ0v) is 21.0. The molecule has 1 amide bonds. The van der Waals surface area contributed by atoms with Crippen LogP contribution in [0.4, 0.5) is 11.5 Å². The number of amides is 1. The van der Waals surface area contributed by atoms with E-state index in [1.165, 1.54) is 9.08 Å². The summed E-state index contributed by atoms with van der Waals surface area (Å²) in [6.45, 7) is 0. The number of hydrogen-bond donors (Lipinski definition) is 2. The molecule has 0 bridgehead atoms. The van der Waals surface area contributed by atoms with Gasteiger partial charge >= 0.3 is 5.69 Å². The number of para-hydroxylation sites is 1. The zero-order chi connectivity index (χ0) is 26.9. The minimum Gasteiger partial charge on any atom is -0.497 e. The Labute approximate surface area is 223 Å². The van der Waals surface area contributed by atoms with Crippen LogP contribution in [0.15, 0.2) is 108 Å². The molecule has 39 heavy (non-hydrogen) atoms. The van der Waals surface area contributed by atoms with E-state index in [0.717, 1.165) is 11.1 Å². The van der Waals surface area contributed by atoms with Crippen LogP contribution < -0.4 is 21.5 Å². The molecule has 0 fully saturated rings. The van der Waals surface area contributed by atoms with Crippen molar-refractivity contribution < 1.29 is 9.53 Å². The number of carbonyl (C=O) groups excluding carboxylic acids is 1. The summed E-state index contributed by atoms with van der Waals surface area (Å²) in [6.07, 6.45) is 0. The molecule has 0 unspecified atom stereocenters. The summed E-state index contributed by atoms with van der Waals surface area (Å²) >= 11 is 0. The van der Waals surface area contributed by atoms with Gasteiger partial charge in [-0.25, -0.2) is 14.2 Å². The highest BCUT2D eigenvalue weighted by Gasteiger charge is 2.26. The molecule has 0 aliphatic rings. The van der Waals surface area contributed by atoms with E-state index < -0.39 is 11.6 Å². The molecule has 6 rings (SSSR count). The summed E-state index contributed by atoms with van der Waals surface area (Å²) < 4.78 is 7.92. The first-order valence-electron chi connectivity index (χ1n) is 12.3. The minimum absolute atomic E-state index is 0.131. The van der Waals surface area contributed by atoms with E-state index in [1.54, 1.807) is 49.6 Å². The van der Waals surface area contributed by atoms with Crippen molar-refractivity contribution in [3.8, 4) is 11.4 Å². The van der Waals surface area contributed by atoms with Crippen LogP contribution in [0.2, 0.25) is 0 Å². The number of nitrogens with zero attached hydrogens (tertiary/aromatic N) is 4. The van der Waals surface area contributed by atoms with Crippen LogP contribution in [0.1, 0.15) is 17.0 Å². The third-order valence-electron chi connectivity index (χ3n) is 6.59. The van der Waals surface area contributed by atoms with Crippen molar-refractivity contribution in [3.05, 3.63) is 125 Å². The molecule has 3 N–H and O–H groups in total. The van der Waals surface area contributed by atoms with E-state index in [1.807, 2.05) is 60.7 Å². The maximum atomic E-state index is 13.9. The number of hydrogen-bond acceptors (Lipinski definition) is 6. The lowest BCUT2D eigenvalue weighted by Crippen LogP contribution is -2.24. The van der Waals surface area contributed by atoms with Gasteiger partial charge in [-0.2, -0.15) is 4.68 Å². The summed E-state index contributed by atoms with van der Waals surface area (Å²) in [7, 11) is 1.57. The molecule has 9 nitrogen and oxygen atoms in total. The number of fused-ring (bicyclic) bond motifs is 3. The van der Waals surface area contributed by atoms with Gasteiger partial charge in [-0.1, -0.05) is 66.7 Å². The van der Waals surface area contributed by atoms with Crippen LogP contribution in [0, 0.1) is 0 Å². The molecule has 9 heteroatoms. The van der Waals surface area contributed by atoms with Crippen LogP contribution in [-0.4, -0.2) is 32.2 Å². The predicted molar refractivity (Wildman–Crippen MR) is 150 cm³/mol. The Bertz CT molecular complexity index is 1820. The Balaban J connectivity index is 1.53. The first-order chi connectivity index (χ1) is 19.0. The summed E-state index contributed by atoms with van der Waals surface area (Å²) in [5.41, 5.74) is 9.43. The molecule has 2 aromatic heterocycles. The largest absolute Gasteiger partial charge is 0.497 e. The maximum absolute atomic E-state index is 13.9. The van der Waals surface area contributed by atoms with E-state index >= 15 is 0 Å². The smallest absolute Gasteiger partial charge is 0.355 e. The van der Waals surface area contributed by atoms with Gasteiger partial charge in [0.05, 0.1) is 29.9 Å². The fourth-order valence-corrected chi connectivity index (χ4v) is 4.70. The average molecular weight is 517 g/mol. The average Bonchev–Trinajstić information content (AvgIpc) is 3.32. The molecule has 0 saturated heterocycles. The van der Waals surface area contributed by atoms with Gasteiger partial charge in [-0.3, -0.25) is 4.79 Å². The Morgan fingerprint density at radius 2 is 1.51 bits per heavy atom. The summed E-state index contributed by atoms with van der Waals surface area (Å²) in [5, 5.41) is 7.53. The number of aromatic nitrogens is 4. The Morgan fingerprint density at radius 1 is 0.872 bits per heavy atom. The predicted octanol–water partition coefficient (Wildman–Crippen LogP) is 4.39. The van der Waals surface area contributed by atoms with E-state index in [9.17, 15) is 9.59 Å². The fraction of sp³-hybridized carbons (Fsp3) is 0.0667. The van der Waals surface area contributed by atoms with Gasteiger partial charge in [0.25, 0.3) is 0 Å². The Kier molecular flexibility index (Phi) is 6.01. The molecule has 0 radical (unpaired) electrons. The standard InChI is InChI=1S/C30H24N6O3/c1-39-22-17-15-21(16-18-22)36-30(38)35-24-14-8-13-23(31)26(24)32-27(28(35)34-36)33-29(37)25(19-9-4-2-5-10-19)20-11-6-3-7-12-20/h2-18,25H,31H2,1H3,(H,32,33,37). The molecule has 4 aromatic carbocycles. The normalized spacial score (nSPS) is 11.2. The van der Waals surface area contributed by atoms with Crippen molar-refractivity contribution in [3.63, 3.8) is 0 Å². The molecule has 6 aromatic rings. The zero-order valence-electron chi connectivity index (χ0n) is 21.0. The highest BCUT2D eigenvalue weighted by Crippen LogP contribution is 2.29. The number of methoxy groups -OCH3 is 1. The third-order valence-corrected chi connectivity index (χ3v) is 6.59. The number of nitrogens with one attached hydrogen (secondary N) is 1. The van der Waals surface area contributed by atoms with E-state index in [0.29, 0.717) is 28.2 Å². The lowest BCUT2D eigenvalue weighted by Gasteiger charge is -2.18. The second kappa shape index (κ2) is 9.79. The van der Waals surface area contributed by atoms with Crippen molar-refractivity contribution in [2.45, 2.75) is 5.92 Å². The van der Waals surface area contributed by atoms with Crippen molar-refractivity contribution >= 4 is 34.1 Å². The SMILES string of the molecule is COc1ccc(-n2nc3c(NC(=O)C(c4ccccc4)c4ccccc4)nc4c(N)cccc4n3c2=O)cc1. The van der Waals surface area contributed by atoms with E-state index in [4.69, 9.17) is 10.5 Å². The van der Waals surface area contributed by atoms with Crippen molar-refractivity contribution in [2.24, 2.45) is 0 Å². The van der Waals surface area contributed by atoms with Gasteiger partial charge in [-0.05, 0) is 47.5 Å². The highest BCUT2D eigenvalue weighted by molar-refractivity contribution is 6.01. The van der Waals surface area contributed by atoms with E-state index in [2.05, 4.69) is 15.4 Å².